The lowest BCUT2D eigenvalue weighted by molar-refractivity contribution is 0.192. The predicted octanol–water partition coefficient (Wildman–Crippen LogP) is 1.53. The summed E-state index contributed by atoms with van der Waals surface area (Å²) < 4.78 is 16.7. The summed E-state index contributed by atoms with van der Waals surface area (Å²) in [5.41, 5.74) is 2.31. The lowest BCUT2D eigenvalue weighted by atomic mass is 9.99. The maximum Gasteiger partial charge on any atom is 0.317 e. The summed E-state index contributed by atoms with van der Waals surface area (Å²) in [4.78, 5) is 14.0. The second kappa shape index (κ2) is 6.93. The fraction of sp³-hybridized carbons (Fsp3) is 0.533. The molecule has 0 spiro atoms. The van der Waals surface area contributed by atoms with Gasteiger partial charge in [0.1, 0.15) is 5.75 Å². The van der Waals surface area contributed by atoms with Crippen LogP contribution >= 0.6 is 0 Å². The maximum atomic E-state index is 12.2. The fourth-order valence-electron chi connectivity index (χ4n) is 2.40. The number of hydrogen-bond donors (Lipinski definition) is 1. The molecule has 21 heavy (non-hydrogen) atoms. The van der Waals surface area contributed by atoms with Crippen molar-refractivity contribution in [1.29, 1.82) is 0 Å². The largest absolute Gasteiger partial charge is 0.496 e. The number of amides is 2. The molecule has 0 saturated heterocycles. The molecule has 1 N–H and O–H groups in total. The van der Waals surface area contributed by atoms with Crippen molar-refractivity contribution < 1.29 is 13.7 Å². The van der Waals surface area contributed by atoms with Crippen molar-refractivity contribution in [2.24, 2.45) is 0 Å². The lowest BCUT2D eigenvalue weighted by Crippen LogP contribution is -2.45. The number of nitrogens with one attached hydrogen (secondary N) is 1. The number of ether oxygens (including phenoxy) is 1. The summed E-state index contributed by atoms with van der Waals surface area (Å²) in [5.74, 6) is 0.891. The van der Waals surface area contributed by atoms with Gasteiger partial charge in [-0.2, -0.15) is 0 Å². The minimum Gasteiger partial charge on any atom is -0.496 e. The average molecular weight is 310 g/mol. The van der Waals surface area contributed by atoms with Gasteiger partial charge in [-0.3, -0.25) is 4.21 Å². The van der Waals surface area contributed by atoms with Crippen molar-refractivity contribution in [2.75, 3.05) is 26.5 Å². The number of hydrogen-bond acceptors (Lipinski definition) is 3. The van der Waals surface area contributed by atoms with Gasteiger partial charge in [0.25, 0.3) is 0 Å². The quantitative estimate of drug-likeness (QED) is 0.917. The normalized spacial score (nSPS) is 16.8. The number of nitrogens with zero attached hydrogens (tertiary/aromatic N) is 1. The summed E-state index contributed by atoms with van der Waals surface area (Å²) in [6, 6.07) is 5.83. The first-order chi connectivity index (χ1) is 10.0. The van der Waals surface area contributed by atoms with E-state index in [-0.39, 0.29) is 11.3 Å². The summed E-state index contributed by atoms with van der Waals surface area (Å²) in [7, 11) is 0.746. The lowest BCUT2D eigenvalue weighted by Gasteiger charge is -2.30. The van der Waals surface area contributed by atoms with Crippen molar-refractivity contribution in [2.45, 2.75) is 25.1 Å². The highest BCUT2D eigenvalue weighted by Gasteiger charge is 2.23. The molecule has 0 bridgehead atoms. The average Bonchev–Trinajstić information content (AvgIpc) is 2.50. The van der Waals surface area contributed by atoms with E-state index in [1.54, 1.807) is 18.3 Å². The Morgan fingerprint density at radius 1 is 1.52 bits per heavy atom. The van der Waals surface area contributed by atoms with Crippen LogP contribution < -0.4 is 10.1 Å². The van der Waals surface area contributed by atoms with Crippen LogP contribution in [-0.2, 0) is 23.8 Å². The molecule has 1 aromatic carbocycles. The number of methoxy groups -OCH3 is 1. The summed E-state index contributed by atoms with van der Waals surface area (Å²) >= 11 is 0. The number of rotatable bonds is 4. The van der Waals surface area contributed by atoms with Gasteiger partial charge in [-0.1, -0.05) is 12.1 Å². The third kappa shape index (κ3) is 3.75. The Hall–Kier alpha value is -1.56. The van der Waals surface area contributed by atoms with Crippen LogP contribution in [-0.4, -0.2) is 46.8 Å². The van der Waals surface area contributed by atoms with Gasteiger partial charge in [-0.15, -0.1) is 0 Å². The van der Waals surface area contributed by atoms with Crippen molar-refractivity contribution in [3.63, 3.8) is 0 Å². The van der Waals surface area contributed by atoms with Gasteiger partial charge in [0.05, 0.1) is 7.11 Å². The molecule has 0 aliphatic carbocycles. The highest BCUT2D eigenvalue weighted by atomic mass is 32.2. The molecule has 6 heteroatoms. The molecule has 0 saturated carbocycles. The Kier molecular flexibility index (Phi) is 5.22. The molecule has 1 aliphatic rings. The van der Waals surface area contributed by atoms with Gasteiger partial charge in [0, 0.05) is 47.5 Å². The Morgan fingerprint density at radius 2 is 2.29 bits per heavy atom. The zero-order valence-electron chi connectivity index (χ0n) is 12.7. The maximum absolute atomic E-state index is 12.2. The predicted molar refractivity (Wildman–Crippen MR) is 84.0 cm³/mol. The molecular weight excluding hydrogens is 288 g/mol. The molecule has 2 rings (SSSR count). The van der Waals surface area contributed by atoms with Gasteiger partial charge in [-0.05, 0) is 25.0 Å². The van der Waals surface area contributed by atoms with Crippen LogP contribution in [0.4, 0.5) is 4.79 Å². The Labute approximate surface area is 128 Å². The molecule has 2 atom stereocenters. The molecule has 1 aromatic rings. The zero-order valence-corrected chi connectivity index (χ0v) is 13.5. The number of benzene rings is 1. The molecule has 0 unspecified atom stereocenters. The monoisotopic (exact) mass is 310 g/mol. The van der Waals surface area contributed by atoms with E-state index >= 15 is 0 Å². The van der Waals surface area contributed by atoms with E-state index in [0.717, 1.165) is 17.7 Å². The Bertz CT molecular complexity index is 548. The topological polar surface area (TPSA) is 58.6 Å². The number of urea groups is 1. The second-order valence-corrected chi connectivity index (χ2v) is 7.07. The van der Waals surface area contributed by atoms with E-state index in [0.29, 0.717) is 19.6 Å². The minimum atomic E-state index is -0.922. The van der Waals surface area contributed by atoms with E-state index in [4.69, 9.17) is 4.74 Å². The van der Waals surface area contributed by atoms with Crippen LogP contribution in [0.5, 0.6) is 5.75 Å². The molecule has 0 fully saturated rings. The summed E-state index contributed by atoms with van der Waals surface area (Å²) in [6.45, 7) is 3.56. The van der Waals surface area contributed by atoms with Gasteiger partial charge in [0.2, 0.25) is 0 Å². The first kappa shape index (κ1) is 15.8. The summed E-state index contributed by atoms with van der Waals surface area (Å²) in [6.07, 6.45) is 2.45. The van der Waals surface area contributed by atoms with Gasteiger partial charge in [0.15, 0.2) is 0 Å². The van der Waals surface area contributed by atoms with Crippen LogP contribution in [0.25, 0.3) is 0 Å². The summed E-state index contributed by atoms with van der Waals surface area (Å²) in [5, 5.41) is 2.82. The third-order valence-electron chi connectivity index (χ3n) is 3.84. The van der Waals surface area contributed by atoms with Crippen LogP contribution in [0.15, 0.2) is 18.2 Å². The molecule has 1 aliphatic heterocycles. The van der Waals surface area contributed by atoms with Crippen molar-refractivity contribution in [1.82, 2.24) is 10.2 Å². The number of carbonyl (C=O) groups is 1. The van der Waals surface area contributed by atoms with Crippen LogP contribution in [0.2, 0.25) is 0 Å². The van der Waals surface area contributed by atoms with Crippen molar-refractivity contribution in [3.8, 4) is 5.75 Å². The van der Waals surface area contributed by atoms with Crippen molar-refractivity contribution in [3.05, 3.63) is 29.3 Å². The first-order valence-corrected chi connectivity index (χ1v) is 8.64. The van der Waals surface area contributed by atoms with Gasteiger partial charge < -0.3 is 15.0 Å². The van der Waals surface area contributed by atoms with Crippen molar-refractivity contribution >= 4 is 16.8 Å². The van der Waals surface area contributed by atoms with E-state index in [9.17, 15) is 9.00 Å². The second-order valence-electron chi connectivity index (χ2n) is 5.26. The molecule has 0 aromatic heterocycles. The van der Waals surface area contributed by atoms with Gasteiger partial charge >= 0.3 is 6.03 Å². The zero-order chi connectivity index (χ0) is 15.4. The third-order valence-corrected chi connectivity index (χ3v) is 5.14. The molecule has 0 radical (unpaired) electrons. The van der Waals surface area contributed by atoms with E-state index < -0.39 is 10.8 Å². The van der Waals surface area contributed by atoms with E-state index in [2.05, 4.69) is 5.32 Å². The van der Waals surface area contributed by atoms with Crippen LogP contribution in [0.3, 0.4) is 0 Å². The fourth-order valence-corrected chi connectivity index (χ4v) is 2.72. The highest BCUT2D eigenvalue weighted by Crippen LogP contribution is 2.27. The molecule has 2 amide bonds. The standard InChI is InChI=1S/C15H22N2O3S/c1-11(21(3)19)9-16-15(18)17-8-7-13-12(10-17)5-4-6-14(13)20-2/h4-6,11H,7-10H2,1-3H3,(H,16,18)/t11-,21-/m1/s1. The van der Waals surface area contributed by atoms with Crippen LogP contribution in [0, 0.1) is 0 Å². The Morgan fingerprint density at radius 3 is 2.95 bits per heavy atom. The SMILES string of the molecule is COc1cccc2c1CCN(C(=O)NC[C@@H](C)[S@@](C)=O)C2. The van der Waals surface area contributed by atoms with E-state index in [1.165, 1.54) is 5.56 Å². The molecular formula is C15H22N2O3S. The number of carbonyl (C=O) groups excluding carboxylic acids is 1. The highest BCUT2D eigenvalue weighted by molar-refractivity contribution is 7.84. The molecule has 116 valence electrons. The smallest absolute Gasteiger partial charge is 0.317 e. The number of fused-ring (bicyclic) bond motifs is 1. The van der Waals surface area contributed by atoms with E-state index in [1.807, 2.05) is 25.1 Å². The van der Waals surface area contributed by atoms with Crippen LogP contribution in [0.1, 0.15) is 18.1 Å². The van der Waals surface area contributed by atoms with Gasteiger partial charge in [-0.25, -0.2) is 4.79 Å². The minimum absolute atomic E-state index is 0.0360. The first-order valence-electron chi connectivity index (χ1n) is 7.02. The Balaban J connectivity index is 1.98. The molecule has 5 nitrogen and oxygen atoms in total. The molecule has 1 heterocycles.